The Kier molecular flexibility index (Phi) is 5.37. The molecule has 2 aromatic rings. The molecular weight excluding hydrogens is 359 g/mol. The van der Waals surface area contributed by atoms with Crippen molar-refractivity contribution in [2.45, 2.75) is 40.3 Å². The maximum atomic E-state index is 12.9. The molecule has 1 aliphatic rings. The number of hydrogen-bond donors (Lipinski definition) is 0. The first-order valence-electron chi connectivity index (χ1n) is 8.51. The molecule has 0 fully saturated rings. The number of nitrogens with zero attached hydrogens (tertiary/aromatic N) is 4. The fourth-order valence-electron chi connectivity index (χ4n) is 3.28. The Labute approximate surface area is 157 Å². The highest BCUT2D eigenvalue weighted by molar-refractivity contribution is 6.36. The number of halogens is 2. The summed E-state index contributed by atoms with van der Waals surface area (Å²) in [6.45, 7) is 8.07. The van der Waals surface area contributed by atoms with E-state index in [0.717, 1.165) is 29.9 Å². The number of fused-ring (bicyclic) bond motifs is 1. The van der Waals surface area contributed by atoms with Crippen molar-refractivity contribution in [3.05, 3.63) is 49.9 Å². The third-order valence-electron chi connectivity index (χ3n) is 4.47. The average molecular weight is 381 g/mol. The third kappa shape index (κ3) is 3.41. The minimum atomic E-state index is 0.0286. The predicted molar refractivity (Wildman–Crippen MR) is 103 cm³/mol. The summed E-state index contributed by atoms with van der Waals surface area (Å²) in [5.41, 5.74) is 2.37. The number of anilines is 2. The van der Waals surface area contributed by atoms with Gasteiger partial charge in [-0.25, -0.2) is 4.98 Å². The van der Waals surface area contributed by atoms with E-state index in [9.17, 15) is 4.79 Å². The summed E-state index contributed by atoms with van der Waals surface area (Å²) in [5, 5.41) is 1.13. The molecule has 0 atom stereocenters. The largest absolute Gasteiger partial charge is 0.297 e. The van der Waals surface area contributed by atoms with E-state index in [1.807, 2.05) is 24.8 Å². The van der Waals surface area contributed by atoms with Gasteiger partial charge >= 0.3 is 0 Å². The first kappa shape index (κ1) is 18.2. The highest BCUT2D eigenvalue weighted by atomic mass is 35.5. The van der Waals surface area contributed by atoms with Gasteiger partial charge in [0, 0.05) is 22.8 Å². The van der Waals surface area contributed by atoms with Crippen LogP contribution in [-0.2, 0) is 13.1 Å². The highest BCUT2D eigenvalue weighted by Crippen LogP contribution is 2.34. The topological polar surface area (TPSA) is 41.4 Å². The van der Waals surface area contributed by atoms with Gasteiger partial charge in [0.25, 0.3) is 5.56 Å². The van der Waals surface area contributed by atoms with Gasteiger partial charge in [-0.3, -0.25) is 19.2 Å². The van der Waals surface area contributed by atoms with Gasteiger partial charge in [0.15, 0.2) is 0 Å². The van der Waals surface area contributed by atoms with Crippen LogP contribution in [-0.4, -0.2) is 27.7 Å². The normalized spacial score (nSPS) is 14.7. The molecule has 1 aliphatic heterocycles. The zero-order valence-electron chi connectivity index (χ0n) is 14.7. The van der Waals surface area contributed by atoms with E-state index in [4.69, 9.17) is 28.2 Å². The van der Waals surface area contributed by atoms with Crippen LogP contribution in [0.3, 0.4) is 0 Å². The first-order valence-corrected chi connectivity index (χ1v) is 9.27. The van der Waals surface area contributed by atoms with Crippen LogP contribution < -0.4 is 10.5 Å². The quantitative estimate of drug-likeness (QED) is 0.796. The lowest BCUT2D eigenvalue weighted by atomic mass is 10.2. The van der Waals surface area contributed by atoms with E-state index >= 15 is 0 Å². The molecule has 134 valence electrons. The SMILES string of the molecule is CCCN1CN(c2ccc(Cl)cc2Cl)c2nc(C)c(CC)c(=O)n2C1. The molecule has 25 heavy (non-hydrogen) atoms. The summed E-state index contributed by atoms with van der Waals surface area (Å²) in [6, 6.07) is 5.39. The Morgan fingerprint density at radius 1 is 1.20 bits per heavy atom. The molecule has 0 radical (unpaired) electrons. The monoisotopic (exact) mass is 380 g/mol. The molecule has 0 bridgehead atoms. The van der Waals surface area contributed by atoms with Gasteiger partial charge < -0.3 is 0 Å². The lowest BCUT2D eigenvalue weighted by molar-refractivity contribution is 0.198. The Bertz CT molecular complexity index is 850. The number of benzene rings is 1. The molecule has 5 nitrogen and oxygen atoms in total. The molecule has 0 unspecified atom stereocenters. The van der Waals surface area contributed by atoms with Gasteiger partial charge in [-0.05, 0) is 38.0 Å². The smallest absolute Gasteiger partial charge is 0.259 e. The maximum absolute atomic E-state index is 12.9. The van der Waals surface area contributed by atoms with Gasteiger partial charge in [-0.1, -0.05) is 37.0 Å². The second kappa shape index (κ2) is 7.36. The molecule has 0 saturated carbocycles. The number of rotatable bonds is 4. The van der Waals surface area contributed by atoms with Crippen LogP contribution in [0.2, 0.25) is 10.0 Å². The van der Waals surface area contributed by atoms with Crippen molar-refractivity contribution in [1.82, 2.24) is 14.5 Å². The molecular formula is C18H22Cl2N4O. The molecule has 0 N–H and O–H groups in total. The van der Waals surface area contributed by atoms with Gasteiger partial charge in [0.2, 0.25) is 5.95 Å². The average Bonchev–Trinajstić information content (AvgIpc) is 2.56. The Morgan fingerprint density at radius 2 is 1.96 bits per heavy atom. The summed E-state index contributed by atoms with van der Waals surface area (Å²) in [7, 11) is 0. The zero-order valence-corrected chi connectivity index (χ0v) is 16.2. The van der Waals surface area contributed by atoms with E-state index < -0.39 is 0 Å². The molecule has 3 rings (SSSR count). The standard InChI is InChI=1S/C18H22Cl2N4O/c1-4-8-22-10-23(16-7-6-13(19)9-15(16)20)18-21-12(3)14(5-2)17(25)24(18)11-22/h6-7,9H,4-5,8,10-11H2,1-3H3. The van der Waals surface area contributed by atoms with E-state index in [1.165, 1.54) is 0 Å². The predicted octanol–water partition coefficient (Wildman–Crippen LogP) is 4.20. The van der Waals surface area contributed by atoms with Crippen molar-refractivity contribution >= 4 is 34.8 Å². The molecule has 0 spiro atoms. The van der Waals surface area contributed by atoms with Crippen LogP contribution in [0, 0.1) is 6.92 Å². The number of hydrogen-bond acceptors (Lipinski definition) is 4. The van der Waals surface area contributed by atoms with E-state index in [-0.39, 0.29) is 5.56 Å². The Hall–Kier alpha value is -1.56. The van der Waals surface area contributed by atoms with E-state index in [0.29, 0.717) is 35.8 Å². The summed E-state index contributed by atoms with van der Waals surface area (Å²) >= 11 is 12.5. The molecule has 0 aliphatic carbocycles. The van der Waals surface area contributed by atoms with Crippen molar-refractivity contribution < 1.29 is 0 Å². The third-order valence-corrected chi connectivity index (χ3v) is 5.01. The van der Waals surface area contributed by atoms with E-state index in [1.54, 1.807) is 16.7 Å². The Balaban J connectivity index is 2.18. The minimum absolute atomic E-state index is 0.0286. The van der Waals surface area contributed by atoms with Crippen molar-refractivity contribution in [2.24, 2.45) is 0 Å². The highest BCUT2D eigenvalue weighted by Gasteiger charge is 2.28. The zero-order chi connectivity index (χ0) is 18.1. The summed E-state index contributed by atoms with van der Waals surface area (Å²) in [6.07, 6.45) is 1.68. The second-order valence-electron chi connectivity index (χ2n) is 6.26. The molecule has 7 heteroatoms. The van der Waals surface area contributed by atoms with Crippen LogP contribution in [0.5, 0.6) is 0 Å². The fraction of sp³-hybridized carbons (Fsp3) is 0.444. The molecule has 0 amide bonds. The number of aromatic nitrogens is 2. The number of aryl methyl sites for hydroxylation is 1. The summed E-state index contributed by atoms with van der Waals surface area (Å²) in [4.78, 5) is 21.9. The van der Waals surface area contributed by atoms with Gasteiger partial charge in [-0.2, -0.15) is 0 Å². The fourth-order valence-corrected chi connectivity index (χ4v) is 3.79. The molecule has 0 saturated heterocycles. The van der Waals surface area contributed by atoms with Crippen molar-refractivity contribution in [1.29, 1.82) is 0 Å². The summed E-state index contributed by atoms with van der Waals surface area (Å²) < 4.78 is 1.75. The second-order valence-corrected chi connectivity index (χ2v) is 7.11. The van der Waals surface area contributed by atoms with Crippen molar-refractivity contribution in [3.8, 4) is 0 Å². The lowest BCUT2D eigenvalue weighted by Crippen LogP contribution is -2.48. The lowest BCUT2D eigenvalue weighted by Gasteiger charge is -2.38. The van der Waals surface area contributed by atoms with Crippen molar-refractivity contribution in [2.75, 3.05) is 18.1 Å². The van der Waals surface area contributed by atoms with Crippen LogP contribution in [0.15, 0.2) is 23.0 Å². The van der Waals surface area contributed by atoms with Gasteiger partial charge in [0.05, 0.1) is 24.0 Å². The maximum Gasteiger partial charge on any atom is 0.259 e. The van der Waals surface area contributed by atoms with Gasteiger partial charge in [0.1, 0.15) is 0 Å². The van der Waals surface area contributed by atoms with Crippen LogP contribution >= 0.6 is 23.2 Å². The first-order chi connectivity index (χ1) is 12.0. The van der Waals surface area contributed by atoms with Gasteiger partial charge in [-0.15, -0.1) is 0 Å². The van der Waals surface area contributed by atoms with Crippen LogP contribution in [0.4, 0.5) is 11.6 Å². The van der Waals surface area contributed by atoms with Crippen LogP contribution in [0.25, 0.3) is 0 Å². The molecule has 2 heterocycles. The summed E-state index contributed by atoms with van der Waals surface area (Å²) in [5.74, 6) is 0.635. The van der Waals surface area contributed by atoms with Crippen LogP contribution in [0.1, 0.15) is 31.5 Å². The Morgan fingerprint density at radius 3 is 2.60 bits per heavy atom. The molecule has 1 aromatic heterocycles. The minimum Gasteiger partial charge on any atom is -0.297 e. The van der Waals surface area contributed by atoms with E-state index in [2.05, 4.69) is 11.8 Å². The van der Waals surface area contributed by atoms with Crippen molar-refractivity contribution in [3.63, 3.8) is 0 Å². The molecule has 1 aromatic carbocycles.